The van der Waals surface area contributed by atoms with Crippen LogP contribution in [0.2, 0.25) is 0 Å². The van der Waals surface area contributed by atoms with Gasteiger partial charge in [-0.15, -0.1) is 0 Å². The average molecular weight is 252 g/mol. The van der Waals surface area contributed by atoms with Gasteiger partial charge in [0.2, 0.25) is 0 Å². The fourth-order valence-electron chi connectivity index (χ4n) is 2.96. The van der Waals surface area contributed by atoms with Crippen molar-refractivity contribution in [1.82, 2.24) is 9.55 Å². The molecule has 1 aromatic rings. The summed E-state index contributed by atoms with van der Waals surface area (Å²) < 4.78 is 2.39. The van der Waals surface area contributed by atoms with Crippen molar-refractivity contribution in [1.29, 1.82) is 0 Å². The van der Waals surface area contributed by atoms with Crippen molar-refractivity contribution in [2.75, 3.05) is 18.1 Å². The molecule has 0 amide bonds. The first kappa shape index (κ1) is 11.6. The van der Waals surface area contributed by atoms with Crippen LogP contribution in [-0.2, 0) is 13.0 Å². The van der Waals surface area contributed by atoms with Crippen LogP contribution in [0.1, 0.15) is 36.7 Å². The molecular weight excluding hydrogens is 232 g/mol. The van der Waals surface area contributed by atoms with Crippen LogP contribution in [0, 0.1) is 5.92 Å². The van der Waals surface area contributed by atoms with Gasteiger partial charge in [0.25, 0.3) is 0 Å². The van der Waals surface area contributed by atoms with Gasteiger partial charge in [0.1, 0.15) is 5.82 Å². The highest BCUT2D eigenvalue weighted by Crippen LogP contribution is 2.33. The lowest BCUT2D eigenvalue weighted by Gasteiger charge is -2.27. The van der Waals surface area contributed by atoms with Crippen molar-refractivity contribution in [3.8, 4) is 0 Å². The van der Waals surface area contributed by atoms with Crippen LogP contribution in [0.4, 0.5) is 0 Å². The summed E-state index contributed by atoms with van der Waals surface area (Å²) in [5.41, 5.74) is 1.38. The predicted octanol–water partition coefficient (Wildman–Crippen LogP) is 2.05. The molecule has 3 nitrogen and oxygen atoms in total. The summed E-state index contributed by atoms with van der Waals surface area (Å²) in [6.07, 6.45) is 6.86. The minimum Gasteiger partial charge on any atom is -0.396 e. The van der Waals surface area contributed by atoms with Crippen LogP contribution in [-0.4, -0.2) is 32.8 Å². The molecule has 3 rings (SSSR count). The highest BCUT2D eigenvalue weighted by molar-refractivity contribution is 7.99. The third kappa shape index (κ3) is 2.25. The molecule has 2 atom stereocenters. The first-order chi connectivity index (χ1) is 8.38. The van der Waals surface area contributed by atoms with Gasteiger partial charge in [-0.25, -0.2) is 4.98 Å². The van der Waals surface area contributed by atoms with Crippen molar-refractivity contribution >= 4 is 11.8 Å². The molecule has 3 heterocycles. The van der Waals surface area contributed by atoms with Gasteiger partial charge >= 0.3 is 0 Å². The third-order valence-electron chi connectivity index (χ3n) is 4.00. The largest absolute Gasteiger partial charge is 0.396 e. The number of hydrogen-bond acceptors (Lipinski definition) is 3. The van der Waals surface area contributed by atoms with Gasteiger partial charge in [-0.05, 0) is 31.4 Å². The average Bonchev–Trinajstić information content (AvgIpc) is 2.82. The lowest BCUT2D eigenvalue weighted by atomic mass is 9.98. The number of fused-ring (bicyclic) bond motifs is 1. The molecule has 1 fully saturated rings. The summed E-state index contributed by atoms with van der Waals surface area (Å²) in [6, 6.07) is 0. The van der Waals surface area contributed by atoms with E-state index in [4.69, 9.17) is 0 Å². The first-order valence-electron chi connectivity index (χ1n) is 6.61. The van der Waals surface area contributed by atoms with E-state index in [1.807, 2.05) is 0 Å². The summed E-state index contributed by atoms with van der Waals surface area (Å²) in [5.74, 6) is 4.89. The molecule has 2 unspecified atom stereocenters. The Bertz CT molecular complexity index is 385. The molecule has 0 spiro atoms. The minimum absolute atomic E-state index is 0.316. The second-order valence-corrected chi connectivity index (χ2v) is 6.37. The van der Waals surface area contributed by atoms with Crippen LogP contribution < -0.4 is 0 Å². The van der Waals surface area contributed by atoms with Gasteiger partial charge < -0.3 is 9.67 Å². The smallest absolute Gasteiger partial charge is 0.112 e. The Kier molecular flexibility index (Phi) is 3.43. The molecule has 0 aromatic carbocycles. The number of nitrogens with zero attached hydrogens (tertiary/aromatic N) is 2. The lowest BCUT2D eigenvalue weighted by molar-refractivity contribution is 0.189. The molecule has 94 valence electrons. The summed E-state index contributed by atoms with van der Waals surface area (Å²) in [5, 5.41) is 9.32. The Morgan fingerprint density at radius 1 is 1.47 bits per heavy atom. The van der Waals surface area contributed by atoms with Crippen molar-refractivity contribution in [3.05, 3.63) is 17.7 Å². The number of thioether (sulfide) groups is 1. The number of aryl methyl sites for hydroxylation is 1. The maximum Gasteiger partial charge on any atom is 0.112 e. The SMILES string of the molecule is OCC1CCc2cnc(C3CCCSC3)n2C1. The summed E-state index contributed by atoms with van der Waals surface area (Å²) in [7, 11) is 0. The number of aliphatic hydroxyl groups is 1. The number of aromatic nitrogens is 2. The van der Waals surface area contributed by atoms with Crippen molar-refractivity contribution in [2.24, 2.45) is 5.92 Å². The Morgan fingerprint density at radius 3 is 3.18 bits per heavy atom. The number of hydrogen-bond donors (Lipinski definition) is 1. The van der Waals surface area contributed by atoms with E-state index >= 15 is 0 Å². The quantitative estimate of drug-likeness (QED) is 0.875. The Hall–Kier alpha value is -0.480. The third-order valence-corrected chi connectivity index (χ3v) is 5.22. The standard InChI is InChI=1S/C13H20N2OS/c16-8-10-3-4-12-6-14-13(15(12)7-10)11-2-1-5-17-9-11/h6,10-11,16H,1-5,7-9H2. The maximum atomic E-state index is 9.32. The van der Waals surface area contributed by atoms with Crippen molar-refractivity contribution in [2.45, 2.75) is 38.1 Å². The lowest BCUT2D eigenvalue weighted by Crippen LogP contribution is -2.25. The fraction of sp³-hybridized carbons (Fsp3) is 0.769. The highest BCUT2D eigenvalue weighted by atomic mass is 32.2. The van der Waals surface area contributed by atoms with Gasteiger partial charge in [-0.2, -0.15) is 11.8 Å². The molecule has 1 N–H and O–H groups in total. The molecule has 2 aliphatic heterocycles. The van der Waals surface area contributed by atoms with E-state index in [1.54, 1.807) is 0 Å². The predicted molar refractivity (Wildman–Crippen MR) is 70.4 cm³/mol. The zero-order chi connectivity index (χ0) is 11.7. The van der Waals surface area contributed by atoms with Crippen LogP contribution in [0.15, 0.2) is 6.20 Å². The van der Waals surface area contributed by atoms with Crippen LogP contribution in [0.3, 0.4) is 0 Å². The Morgan fingerprint density at radius 2 is 2.41 bits per heavy atom. The minimum atomic E-state index is 0.316. The highest BCUT2D eigenvalue weighted by Gasteiger charge is 2.26. The maximum absolute atomic E-state index is 9.32. The molecular formula is C13H20N2OS. The molecule has 0 radical (unpaired) electrons. The van der Waals surface area contributed by atoms with Crippen LogP contribution in [0.5, 0.6) is 0 Å². The van der Waals surface area contributed by atoms with E-state index in [0.29, 0.717) is 18.4 Å². The van der Waals surface area contributed by atoms with Crippen LogP contribution >= 0.6 is 11.8 Å². The zero-order valence-electron chi connectivity index (χ0n) is 10.1. The van der Waals surface area contributed by atoms with Gasteiger partial charge in [0.05, 0.1) is 0 Å². The van der Waals surface area contributed by atoms with E-state index in [-0.39, 0.29) is 0 Å². The van der Waals surface area contributed by atoms with Gasteiger partial charge in [0.15, 0.2) is 0 Å². The van der Waals surface area contributed by atoms with Crippen LogP contribution in [0.25, 0.3) is 0 Å². The van der Waals surface area contributed by atoms with Crippen molar-refractivity contribution < 1.29 is 5.11 Å². The van der Waals surface area contributed by atoms with E-state index in [9.17, 15) is 5.11 Å². The van der Waals surface area contributed by atoms with E-state index in [0.717, 1.165) is 19.4 Å². The number of imidazole rings is 1. The van der Waals surface area contributed by atoms with E-state index in [2.05, 4.69) is 27.5 Å². The molecule has 17 heavy (non-hydrogen) atoms. The van der Waals surface area contributed by atoms with Gasteiger partial charge in [0, 0.05) is 42.6 Å². The van der Waals surface area contributed by atoms with E-state index < -0.39 is 0 Å². The Balaban J connectivity index is 1.83. The van der Waals surface area contributed by atoms with E-state index in [1.165, 1.54) is 35.9 Å². The molecule has 1 saturated heterocycles. The first-order valence-corrected chi connectivity index (χ1v) is 7.77. The zero-order valence-corrected chi connectivity index (χ0v) is 11.0. The normalized spacial score (nSPS) is 29.0. The van der Waals surface area contributed by atoms with Crippen molar-refractivity contribution in [3.63, 3.8) is 0 Å². The number of rotatable bonds is 2. The van der Waals surface area contributed by atoms with Gasteiger partial charge in [-0.1, -0.05) is 0 Å². The molecule has 2 aliphatic rings. The molecule has 0 saturated carbocycles. The second-order valence-electron chi connectivity index (χ2n) is 5.22. The summed E-state index contributed by atoms with van der Waals surface area (Å²) in [6.45, 7) is 1.29. The monoisotopic (exact) mass is 252 g/mol. The fourth-order valence-corrected chi connectivity index (χ4v) is 4.10. The molecule has 4 heteroatoms. The topological polar surface area (TPSA) is 38.1 Å². The Labute approximate surface area is 107 Å². The molecule has 1 aromatic heterocycles. The summed E-state index contributed by atoms with van der Waals surface area (Å²) in [4.78, 5) is 4.66. The summed E-state index contributed by atoms with van der Waals surface area (Å²) >= 11 is 2.06. The van der Waals surface area contributed by atoms with Gasteiger partial charge in [-0.3, -0.25) is 0 Å². The molecule has 0 bridgehead atoms. The second kappa shape index (κ2) is 5.02. The number of aliphatic hydroxyl groups excluding tert-OH is 1. The molecule has 0 aliphatic carbocycles.